The number of hydrogen-bond acceptors (Lipinski definition) is 4. The Kier molecular flexibility index (Phi) is 5.52. The molecule has 23 heavy (non-hydrogen) atoms. The van der Waals surface area contributed by atoms with Gasteiger partial charge in [-0.05, 0) is 42.5 Å². The fourth-order valence-electron chi connectivity index (χ4n) is 1.85. The minimum Gasteiger partial charge on any atom is -0.495 e. The molecule has 0 unspecified atom stereocenters. The van der Waals surface area contributed by atoms with Crippen LogP contribution in [0.15, 0.2) is 60.0 Å². The maximum Gasteiger partial charge on any atom is 0.265 e. The number of benzene rings is 2. The maximum absolute atomic E-state index is 12.5. The number of halogens is 1. The molecule has 0 radical (unpaired) electrons. The fraction of sp³-hybridized carbons (Fsp3) is 0.125. The lowest BCUT2D eigenvalue weighted by atomic mass is 10.3. The van der Waals surface area contributed by atoms with E-state index in [-0.39, 0.29) is 10.6 Å². The molecule has 0 amide bonds. The largest absolute Gasteiger partial charge is 0.495 e. The van der Waals surface area contributed by atoms with Crippen LogP contribution in [0.4, 0.5) is 5.69 Å². The van der Waals surface area contributed by atoms with Gasteiger partial charge in [-0.1, -0.05) is 24.3 Å². The molecular weight excluding hydrogens is 338 g/mol. The van der Waals surface area contributed by atoms with Gasteiger partial charge in [0.15, 0.2) is 0 Å². The quantitative estimate of drug-likeness (QED) is 0.770. The van der Waals surface area contributed by atoms with Gasteiger partial charge in [0.1, 0.15) is 23.0 Å². The van der Waals surface area contributed by atoms with Gasteiger partial charge in [0.05, 0.1) is 7.11 Å². The monoisotopic (exact) mass is 353 g/mol. The summed E-state index contributed by atoms with van der Waals surface area (Å²) in [6.07, 6.45) is 1.63. The Morgan fingerprint density at radius 2 is 1.91 bits per heavy atom. The highest BCUT2D eigenvalue weighted by molar-refractivity contribution is 7.92. The molecular formula is C16H16ClNO4S. The number of sulfonamides is 1. The Hall–Kier alpha value is -2.18. The van der Waals surface area contributed by atoms with Crippen molar-refractivity contribution in [2.24, 2.45) is 0 Å². The maximum atomic E-state index is 12.5. The number of methoxy groups -OCH3 is 1. The predicted octanol–water partition coefficient (Wildman–Crippen LogP) is 3.71. The summed E-state index contributed by atoms with van der Waals surface area (Å²) >= 11 is 5.88. The van der Waals surface area contributed by atoms with E-state index in [0.29, 0.717) is 23.1 Å². The summed E-state index contributed by atoms with van der Waals surface area (Å²) in [7, 11) is -2.43. The predicted molar refractivity (Wildman–Crippen MR) is 90.9 cm³/mol. The Balaban J connectivity index is 2.24. The topological polar surface area (TPSA) is 64.6 Å². The fourth-order valence-corrected chi connectivity index (χ4v) is 3.34. The van der Waals surface area contributed by atoms with Gasteiger partial charge in [0.2, 0.25) is 0 Å². The van der Waals surface area contributed by atoms with Crippen LogP contribution < -0.4 is 14.2 Å². The number of hydrogen-bond donors (Lipinski definition) is 1. The number of anilines is 1. The Bertz CT molecular complexity index is 788. The summed E-state index contributed by atoms with van der Waals surface area (Å²) in [5, 5.41) is 0.305. The summed E-state index contributed by atoms with van der Waals surface area (Å²) < 4.78 is 37.9. The lowest BCUT2D eigenvalue weighted by Crippen LogP contribution is -2.14. The minimum absolute atomic E-state index is 0.0283. The molecule has 0 spiro atoms. The second-order valence-corrected chi connectivity index (χ2v) is 6.61. The van der Waals surface area contributed by atoms with Crippen LogP contribution in [0.3, 0.4) is 0 Å². The van der Waals surface area contributed by atoms with Gasteiger partial charge in [-0.15, -0.1) is 0 Å². The van der Waals surface area contributed by atoms with E-state index in [1.54, 1.807) is 36.4 Å². The molecule has 0 atom stereocenters. The van der Waals surface area contributed by atoms with E-state index in [9.17, 15) is 8.42 Å². The van der Waals surface area contributed by atoms with Crippen LogP contribution in [0.2, 0.25) is 5.02 Å². The first-order valence-corrected chi connectivity index (χ1v) is 8.52. The molecule has 0 saturated heterocycles. The summed E-state index contributed by atoms with van der Waals surface area (Å²) in [5.74, 6) is 0.834. The van der Waals surface area contributed by atoms with Crippen LogP contribution >= 0.6 is 11.6 Å². The summed E-state index contributed by atoms with van der Waals surface area (Å²) in [6, 6.07) is 10.9. The van der Waals surface area contributed by atoms with Crippen molar-refractivity contribution in [3.8, 4) is 11.5 Å². The third-order valence-electron chi connectivity index (χ3n) is 2.89. The zero-order valence-electron chi connectivity index (χ0n) is 12.5. The smallest absolute Gasteiger partial charge is 0.265 e. The van der Waals surface area contributed by atoms with E-state index in [0.717, 1.165) is 0 Å². The van der Waals surface area contributed by atoms with Crippen LogP contribution in [0.1, 0.15) is 0 Å². The minimum atomic E-state index is -3.82. The van der Waals surface area contributed by atoms with Crippen molar-refractivity contribution in [3.63, 3.8) is 0 Å². The van der Waals surface area contributed by atoms with Crippen LogP contribution in [0, 0.1) is 0 Å². The second kappa shape index (κ2) is 7.39. The second-order valence-electron chi connectivity index (χ2n) is 4.52. The molecule has 0 heterocycles. The lowest BCUT2D eigenvalue weighted by molar-refractivity contribution is 0.363. The van der Waals surface area contributed by atoms with E-state index in [1.165, 1.54) is 19.2 Å². The molecule has 0 aliphatic heterocycles. The molecule has 0 saturated carbocycles. The van der Waals surface area contributed by atoms with Gasteiger partial charge >= 0.3 is 0 Å². The molecule has 0 aromatic heterocycles. The van der Waals surface area contributed by atoms with Crippen LogP contribution in [-0.2, 0) is 10.0 Å². The Morgan fingerprint density at radius 1 is 1.22 bits per heavy atom. The highest BCUT2D eigenvalue weighted by atomic mass is 35.5. The molecule has 0 aliphatic carbocycles. The van der Waals surface area contributed by atoms with E-state index in [1.807, 2.05) is 0 Å². The van der Waals surface area contributed by atoms with Gasteiger partial charge in [0, 0.05) is 10.7 Å². The third-order valence-corrected chi connectivity index (χ3v) is 4.53. The lowest BCUT2D eigenvalue weighted by Gasteiger charge is -2.12. The van der Waals surface area contributed by atoms with Gasteiger partial charge in [-0.3, -0.25) is 4.72 Å². The molecule has 122 valence electrons. The van der Waals surface area contributed by atoms with Gasteiger partial charge in [-0.2, -0.15) is 0 Å². The summed E-state index contributed by atoms with van der Waals surface area (Å²) in [5.41, 5.74) is 0.401. The van der Waals surface area contributed by atoms with Crippen molar-refractivity contribution in [2.45, 2.75) is 4.90 Å². The summed E-state index contributed by atoms with van der Waals surface area (Å²) in [4.78, 5) is -0.0283. The first-order chi connectivity index (χ1) is 11.0. The summed E-state index contributed by atoms with van der Waals surface area (Å²) in [6.45, 7) is 3.94. The number of ether oxygens (including phenoxy) is 2. The number of rotatable bonds is 7. The molecule has 5 nitrogen and oxygen atoms in total. The molecule has 2 aromatic carbocycles. The highest BCUT2D eigenvalue weighted by Gasteiger charge is 2.20. The van der Waals surface area contributed by atoms with Crippen LogP contribution in [0.5, 0.6) is 11.5 Å². The molecule has 0 aliphatic rings. The molecule has 0 bridgehead atoms. The molecule has 7 heteroatoms. The van der Waals surface area contributed by atoms with Crippen molar-refractivity contribution in [1.82, 2.24) is 0 Å². The van der Waals surface area contributed by atoms with Crippen molar-refractivity contribution >= 4 is 27.3 Å². The van der Waals surface area contributed by atoms with E-state index in [4.69, 9.17) is 21.1 Å². The molecule has 0 fully saturated rings. The van der Waals surface area contributed by atoms with Crippen LogP contribution in [-0.4, -0.2) is 22.1 Å². The standard InChI is InChI=1S/C16H16ClNO4S/c1-3-10-22-14-7-5-13(6-8-14)18-23(19,20)16-11-12(17)4-9-15(16)21-2/h3-9,11,18H,1,10H2,2H3. The normalized spacial score (nSPS) is 10.9. The zero-order valence-corrected chi connectivity index (χ0v) is 14.0. The van der Waals surface area contributed by atoms with E-state index in [2.05, 4.69) is 11.3 Å². The SMILES string of the molecule is C=CCOc1ccc(NS(=O)(=O)c2cc(Cl)ccc2OC)cc1. The van der Waals surface area contributed by atoms with Gasteiger partial charge in [-0.25, -0.2) is 8.42 Å². The average molecular weight is 354 g/mol. The average Bonchev–Trinajstić information content (AvgIpc) is 2.54. The van der Waals surface area contributed by atoms with Crippen LogP contribution in [0.25, 0.3) is 0 Å². The van der Waals surface area contributed by atoms with Crippen molar-refractivity contribution in [2.75, 3.05) is 18.4 Å². The zero-order chi connectivity index (χ0) is 16.9. The third kappa shape index (κ3) is 4.40. The van der Waals surface area contributed by atoms with E-state index >= 15 is 0 Å². The Morgan fingerprint density at radius 3 is 2.52 bits per heavy atom. The molecule has 2 aromatic rings. The van der Waals surface area contributed by atoms with Crippen molar-refractivity contribution in [1.29, 1.82) is 0 Å². The van der Waals surface area contributed by atoms with Crippen molar-refractivity contribution < 1.29 is 17.9 Å². The van der Waals surface area contributed by atoms with E-state index < -0.39 is 10.0 Å². The Labute approximate surface area is 140 Å². The molecule has 1 N–H and O–H groups in total. The molecule has 2 rings (SSSR count). The first kappa shape index (κ1) is 17.2. The van der Waals surface area contributed by atoms with Crippen molar-refractivity contribution in [3.05, 3.63) is 60.1 Å². The number of nitrogens with one attached hydrogen (secondary N) is 1. The van der Waals surface area contributed by atoms with Gasteiger partial charge in [0.25, 0.3) is 10.0 Å². The van der Waals surface area contributed by atoms with Gasteiger partial charge < -0.3 is 9.47 Å². The first-order valence-electron chi connectivity index (χ1n) is 6.66. The highest BCUT2D eigenvalue weighted by Crippen LogP contribution is 2.29.